The molecule has 2 amide bonds. The van der Waals surface area contributed by atoms with Gasteiger partial charge < -0.3 is 5.32 Å². The van der Waals surface area contributed by atoms with E-state index >= 15 is 0 Å². The Bertz CT molecular complexity index is 784. The van der Waals surface area contributed by atoms with Gasteiger partial charge in [0.05, 0.1) is 11.4 Å². The number of rotatable bonds is 6. The van der Waals surface area contributed by atoms with Gasteiger partial charge in [-0.25, -0.2) is 4.79 Å². The molecule has 0 spiro atoms. The van der Waals surface area contributed by atoms with Crippen LogP contribution in [0.4, 0.5) is 10.6 Å². The Morgan fingerprint density at radius 3 is 2.56 bits per heavy atom. The van der Waals surface area contributed by atoms with Crippen LogP contribution in [0.5, 0.6) is 0 Å². The fourth-order valence-corrected chi connectivity index (χ4v) is 3.42. The van der Waals surface area contributed by atoms with Gasteiger partial charge in [-0.05, 0) is 46.1 Å². The van der Waals surface area contributed by atoms with Crippen LogP contribution in [-0.4, -0.2) is 32.1 Å². The fraction of sp³-hybridized carbons (Fsp3) is 0.611. The number of hydrogen-bond donors (Lipinski definition) is 2. The molecule has 7 heteroatoms. The minimum atomic E-state index is -0.169. The SMILES string of the molecule is CCc1c(C)nn(C)c1NC(=O)NCC1(Cn2nc(C)cc2C)CC1. The van der Waals surface area contributed by atoms with Crippen molar-refractivity contribution in [3.63, 3.8) is 0 Å². The van der Waals surface area contributed by atoms with Gasteiger partial charge in [0.25, 0.3) is 0 Å². The van der Waals surface area contributed by atoms with Crippen LogP contribution in [0.15, 0.2) is 6.07 Å². The molecule has 1 fully saturated rings. The number of urea groups is 1. The zero-order valence-electron chi connectivity index (χ0n) is 15.8. The van der Waals surface area contributed by atoms with Crippen LogP contribution < -0.4 is 10.6 Å². The summed E-state index contributed by atoms with van der Waals surface area (Å²) < 4.78 is 3.79. The van der Waals surface area contributed by atoms with Crippen LogP contribution in [0.25, 0.3) is 0 Å². The molecule has 2 N–H and O–H groups in total. The third-order valence-corrected chi connectivity index (χ3v) is 5.10. The molecule has 0 unspecified atom stereocenters. The molecule has 2 aromatic heterocycles. The minimum Gasteiger partial charge on any atom is -0.337 e. The number of carbonyl (C=O) groups excluding carboxylic acids is 1. The van der Waals surface area contributed by atoms with Crippen LogP contribution in [0, 0.1) is 26.2 Å². The summed E-state index contributed by atoms with van der Waals surface area (Å²) >= 11 is 0. The van der Waals surface area contributed by atoms with E-state index in [1.54, 1.807) is 4.68 Å². The molecule has 136 valence electrons. The van der Waals surface area contributed by atoms with Crippen molar-refractivity contribution in [2.75, 3.05) is 11.9 Å². The largest absolute Gasteiger partial charge is 0.337 e. The molecule has 7 nitrogen and oxygen atoms in total. The second-order valence-corrected chi connectivity index (χ2v) is 7.28. The molecule has 3 rings (SSSR count). The van der Waals surface area contributed by atoms with E-state index in [0.29, 0.717) is 6.54 Å². The van der Waals surface area contributed by atoms with Crippen molar-refractivity contribution in [1.82, 2.24) is 24.9 Å². The van der Waals surface area contributed by atoms with E-state index in [1.807, 2.05) is 20.9 Å². The van der Waals surface area contributed by atoms with Gasteiger partial charge in [-0.1, -0.05) is 6.92 Å². The van der Waals surface area contributed by atoms with E-state index < -0.39 is 0 Å². The number of hydrogen-bond acceptors (Lipinski definition) is 3. The molecular weight excluding hydrogens is 316 g/mol. The average molecular weight is 344 g/mol. The molecule has 0 aliphatic heterocycles. The Labute approximate surface area is 148 Å². The quantitative estimate of drug-likeness (QED) is 0.846. The lowest BCUT2D eigenvalue weighted by Gasteiger charge is -2.18. The number of aryl methyl sites for hydroxylation is 4. The number of anilines is 1. The summed E-state index contributed by atoms with van der Waals surface area (Å²) in [6.07, 6.45) is 3.09. The van der Waals surface area contributed by atoms with Crippen molar-refractivity contribution in [2.45, 2.75) is 53.5 Å². The van der Waals surface area contributed by atoms with Crippen LogP contribution in [0.2, 0.25) is 0 Å². The summed E-state index contributed by atoms with van der Waals surface area (Å²) in [4.78, 5) is 12.4. The van der Waals surface area contributed by atoms with E-state index in [-0.39, 0.29) is 11.4 Å². The summed E-state index contributed by atoms with van der Waals surface area (Å²) in [5.41, 5.74) is 4.39. The van der Waals surface area contributed by atoms with Crippen molar-refractivity contribution in [2.24, 2.45) is 12.5 Å². The molecule has 25 heavy (non-hydrogen) atoms. The number of nitrogens with one attached hydrogen (secondary N) is 2. The second kappa shape index (κ2) is 6.54. The summed E-state index contributed by atoms with van der Waals surface area (Å²) in [5.74, 6) is 0.779. The summed E-state index contributed by atoms with van der Waals surface area (Å²) in [7, 11) is 1.85. The Morgan fingerprint density at radius 2 is 2.00 bits per heavy atom. The third kappa shape index (κ3) is 3.70. The smallest absolute Gasteiger partial charge is 0.320 e. The Balaban J connectivity index is 1.58. The number of nitrogens with zero attached hydrogens (tertiary/aromatic N) is 4. The van der Waals surface area contributed by atoms with E-state index in [0.717, 1.165) is 48.6 Å². The molecule has 0 aromatic carbocycles. The lowest BCUT2D eigenvalue weighted by Crippen LogP contribution is -2.36. The first kappa shape index (κ1) is 17.5. The summed E-state index contributed by atoms with van der Waals surface area (Å²) in [5, 5.41) is 14.9. The van der Waals surface area contributed by atoms with Crippen molar-refractivity contribution in [3.8, 4) is 0 Å². The normalized spacial score (nSPS) is 15.2. The monoisotopic (exact) mass is 344 g/mol. The van der Waals surface area contributed by atoms with Crippen molar-refractivity contribution in [3.05, 3.63) is 28.7 Å². The molecule has 0 atom stereocenters. The minimum absolute atomic E-state index is 0.135. The maximum atomic E-state index is 12.4. The van der Waals surface area contributed by atoms with Gasteiger partial charge in [-0.3, -0.25) is 14.7 Å². The number of carbonyl (C=O) groups is 1. The number of amides is 2. The molecule has 1 saturated carbocycles. The average Bonchev–Trinajstić information content (AvgIpc) is 3.16. The second-order valence-electron chi connectivity index (χ2n) is 7.28. The maximum Gasteiger partial charge on any atom is 0.320 e. The number of aromatic nitrogens is 4. The fourth-order valence-electron chi connectivity index (χ4n) is 3.42. The van der Waals surface area contributed by atoms with E-state index in [9.17, 15) is 4.79 Å². The molecule has 0 bridgehead atoms. The van der Waals surface area contributed by atoms with Crippen molar-refractivity contribution < 1.29 is 4.79 Å². The van der Waals surface area contributed by atoms with Crippen LogP contribution >= 0.6 is 0 Å². The highest BCUT2D eigenvalue weighted by atomic mass is 16.2. The molecular formula is C18H28N6O. The van der Waals surface area contributed by atoms with E-state index in [1.165, 1.54) is 5.69 Å². The standard InChI is InChI=1S/C18H28N6O/c1-6-15-14(4)22-23(5)16(15)20-17(25)19-10-18(7-8-18)11-24-13(3)9-12(2)21-24/h9H,6-8,10-11H2,1-5H3,(H2,19,20,25). The van der Waals surface area contributed by atoms with Gasteiger partial charge in [-0.15, -0.1) is 0 Å². The molecule has 1 aliphatic rings. The first-order valence-corrected chi connectivity index (χ1v) is 8.92. The third-order valence-electron chi connectivity index (χ3n) is 5.10. The Kier molecular flexibility index (Phi) is 4.58. The van der Waals surface area contributed by atoms with E-state index in [2.05, 4.69) is 45.4 Å². The lowest BCUT2D eigenvalue weighted by atomic mass is 10.1. The van der Waals surface area contributed by atoms with Gasteiger partial charge in [0, 0.05) is 36.8 Å². The van der Waals surface area contributed by atoms with E-state index in [4.69, 9.17) is 0 Å². The Hall–Kier alpha value is -2.31. The van der Waals surface area contributed by atoms with Crippen LogP contribution in [0.3, 0.4) is 0 Å². The van der Waals surface area contributed by atoms with Gasteiger partial charge in [0.1, 0.15) is 5.82 Å². The Morgan fingerprint density at radius 1 is 1.28 bits per heavy atom. The highest BCUT2D eigenvalue weighted by molar-refractivity contribution is 5.89. The summed E-state index contributed by atoms with van der Waals surface area (Å²) in [6, 6.07) is 1.92. The molecule has 1 aliphatic carbocycles. The van der Waals surface area contributed by atoms with Crippen molar-refractivity contribution >= 4 is 11.8 Å². The maximum absolute atomic E-state index is 12.4. The molecule has 2 aromatic rings. The predicted octanol–water partition coefficient (Wildman–Crippen LogP) is 2.71. The highest BCUT2D eigenvalue weighted by Crippen LogP contribution is 2.46. The van der Waals surface area contributed by atoms with Gasteiger partial charge in [0.15, 0.2) is 0 Å². The topological polar surface area (TPSA) is 76.8 Å². The summed E-state index contributed by atoms with van der Waals surface area (Å²) in [6.45, 7) is 9.65. The van der Waals surface area contributed by atoms with Gasteiger partial charge in [-0.2, -0.15) is 10.2 Å². The lowest BCUT2D eigenvalue weighted by molar-refractivity contribution is 0.247. The van der Waals surface area contributed by atoms with Crippen LogP contribution in [-0.2, 0) is 20.0 Å². The zero-order chi connectivity index (χ0) is 18.2. The highest BCUT2D eigenvalue weighted by Gasteiger charge is 2.43. The molecule has 2 heterocycles. The van der Waals surface area contributed by atoms with Gasteiger partial charge in [0.2, 0.25) is 0 Å². The van der Waals surface area contributed by atoms with Crippen LogP contribution in [0.1, 0.15) is 42.4 Å². The molecule has 0 saturated heterocycles. The molecule has 0 radical (unpaired) electrons. The van der Waals surface area contributed by atoms with Crippen molar-refractivity contribution in [1.29, 1.82) is 0 Å². The first-order valence-electron chi connectivity index (χ1n) is 8.92. The predicted molar refractivity (Wildman–Crippen MR) is 97.7 cm³/mol. The first-order chi connectivity index (χ1) is 11.8. The van der Waals surface area contributed by atoms with Gasteiger partial charge >= 0.3 is 6.03 Å². The zero-order valence-corrected chi connectivity index (χ0v) is 15.8.